The fourth-order valence-corrected chi connectivity index (χ4v) is 2.35. The van der Waals surface area contributed by atoms with Crippen molar-refractivity contribution < 1.29 is 9.53 Å². The molecule has 3 heteroatoms. The normalized spacial score (nSPS) is 27.1. The summed E-state index contributed by atoms with van der Waals surface area (Å²) in [5, 5.41) is 3.39. The molecule has 88 valence electrons. The zero-order valence-electron chi connectivity index (χ0n) is 10.3. The number of nitrogens with one attached hydrogen (secondary N) is 1. The number of hydrogen-bond acceptors (Lipinski definition) is 3. The molecule has 1 fully saturated rings. The highest BCUT2D eigenvalue weighted by Crippen LogP contribution is 2.35. The van der Waals surface area contributed by atoms with Crippen LogP contribution in [-0.4, -0.2) is 25.2 Å². The predicted molar refractivity (Wildman–Crippen MR) is 60.7 cm³/mol. The van der Waals surface area contributed by atoms with Gasteiger partial charge in [0.2, 0.25) is 0 Å². The van der Waals surface area contributed by atoms with Crippen molar-refractivity contribution in [1.29, 1.82) is 0 Å². The lowest BCUT2D eigenvalue weighted by atomic mass is 9.73. The molecule has 0 spiro atoms. The molecule has 1 aliphatic carbocycles. The minimum Gasteiger partial charge on any atom is -0.468 e. The van der Waals surface area contributed by atoms with Crippen LogP contribution in [0.1, 0.15) is 46.5 Å². The zero-order chi connectivity index (χ0) is 11.5. The Labute approximate surface area is 92.6 Å². The zero-order valence-corrected chi connectivity index (χ0v) is 10.3. The van der Waals surface area contributed by atoms with E-state index in [1.165, 1.54) is 26.4 Å². The highest BCUT2D eigenvalue weighted by atomic mass is 16.5. The summed E-state index contributed by atoms with van der Waals surface area (Å²) in [6.45, 7) is 6.41. The first-order valence-corrected chi connectivity index (χ1v) is 5.81. The van der Waals surface area contributed by atoms with Crippen LogP contribution in [0.4, 0.5) is 0 Å². The van der Waals surface area contributed by atoms with E-state index in [1.54, 1.807) is 0 Å². The van der Waals surface area contributed by atoms with Gasteiger partial charge in [0.05, 0.1) is 7.11 Å². The number of ether oxygens (including phenoxy) is 1. The van der Waals surface area contributed by atoms with Crippen molar-refractivity contribution >= 4 is 5.97 Å². The molecule has 1 rings (SSSR count). The van der Waals surface area contributed by atoms with E-state index in [0.717, 1.165) is 6.42 Å². The lowest BCUT2D eigenvalue weighted by Gasteiger charge is -2.40. The van der Waals surface area contributed by atoms with Gasteiger partial charge in [-0.15, -0.1) is 0 Å². The van der Waals surface area contributed by atoms with Crippen molar-refractivity contribution in [2.45, 2.75) is 58.5 Å². The molecular formula is C12H23NO2. The molecule has 0 saturated heterocycles. The van der Waals surface area contributed by atoms with Crippen molar-refractivity contribution in [2.24, 2.45) is 5.41 Å². The van der Waals surface area contributed by atoms with Gasteiger partial charge in [-0.05, 0) is 25.2 Å². The summed E-state index contributed by atoms with van der Waals surface area (Å²) in [6, 6.07) is 0.234. The van der Waals surface area contributed by atoms with E-state index in [4.69, 9.17) is 4.74 Å². The molecule has 1 saturated carbocycles. The second-order valence-electron chi connectivity index (χ2n) is 5.20. The minimum atomic E-state index is -0.197. The third-order valence-electron chi connectivity index (χ3n) is 3.51. The fourth-order valence-electron chi connectivity index (χ4n) is 2.35. The Morgan fingerprint density at radius 2 is 2.13 bits per heavy atom. The largest absolute Gasteiger partial charge is 0.468 e. The molecule has 0 bridgehead atoms. The Morgan fingerprint density at radius 1 is 1.47 bits per heavy atom. The minimum absolute atomic E-state index is 0.170. The average molecular weight is 213 g/mol. The molecule has 0 aromatic carbocycles. The second kappa shape index (κ2) is 4.97. The van der Waals surface area contributed by atoms with Crippen molar-refractivity contribution in [1.82, 2.24) is 5.32 Å². The van der Waals surface area contributed by atoms with Gasteiger partial charge in [-0.25, -0.2) is 0 Å². The van der Waals surface area contributed by atoms with Crippen LogP contribution in [0.15, 0.2) is 0 Å². The maximum absolute atomic E-state index is 11.3. The summed E-state index contributed by atoms with van der Waals surface area (Å²) in [6.07, 6.45) is 4.96. The number of esters is 1. The molecule has 0 aromatic rings. The first kappa shape index (κ1) is 12.5. The molecule has 1 aliphatic rings. The lowest BCUT2D eigenvalue weighted by Crippen LogP contribution is -2.50. The number of carbonyl (C=O) groups excluding carboxylic acids is 1. The molecule has 1 N–H and O–H groups in total. The Balaban J connectivity index is 2.52. The summed E-state index contributed by atoms with van der Waals surface area (Å²) in [4.78, 5) is 11.3. The van der Waals surface area contributed by atoms with Crippen LogP contribution in [0, 0.1) is 5.41 Å². The van der Waals surface area contributed by atoms with Gasteiger partial charge in [0.25, 0.3) is 0 Å². The maximum Gasteiger partial charge on any atom is 0.322 e. The van der Waals surface area contributed by atoms with Crippen LogP contribution in [0.25, 0.3) is 0 Å². The van der Waals surface area contributed by atoms with E-state index in [-0.39, 0.29) is 12.0 Å². The summed E-state index contributed by atoms with van der Waals surface area (Å²) < 4.78 is 4.72. The second-order valence-corrected chi connectivity index (χ2v) is 5.20. The molecule has 3 nitrogen and oxygen atoms in total. The SMILES string of the molecule is COC(=O)[C@H](C)NC1CCCCC1(C)C. The lowest BCUT2D eigenvalue weighted by molar-refractivity contribution is -0.143. The molecule has 2 atom stereocenters. The van der Waals surface area contributed by atoms with E-state index in [1.807, 2.05) is 6.92 Å². The summed E-state index contributed by atoms with van der Waals surface area (Å²) in [7, 11) is 1.44. The highest BCUT2D eigenvalue weighted by Gasteiger charge is 2.33. The quantitative estimate of drug-likeness (QED) is 0.730. The first-order valence-electron chi connectivity index (χ1n) is 5.81. The van der Waals surface area contributed by atoms with E-state index in [2.05, 4.69) is 19.2 Å². The van der Waals surface area contributed by atoms with Crippen molar-refractivity contribution in [3.63, 3.8) is 0 Å². The summed E-state index contributed by atoms with van der Waals surface area (Å²) in [5.41, 5.74) is 0.292. The van der Waals surface area contributed by atoms with E-state index in [0.29, 0.717) is 11.5 Å². The topological polar surface area (TPSA) is 38.3 Å². The van der Waals surface area contributed by atoms with Crippen molar-refractivity contribution in [3.8, 4) is 0 Å². The number of rotatable bonds is 3. The van der Waals surface area contributed by atoms with Gasteiger partial charge in [-0.2, -0.15) is 0 Å². The smallest absolute Gasteiger partial charge is 0.322 e. The third kappa shape index (κ3) is 3.20. The Bertz CT molecular complexity index is 226. The molecule has 0 heterocycles. The molecule has 0 amide bonds. The Morgan fingerprint density at radius 3 is 2.67 bits per heavy atom. The van der Waals surface area contributed by atoms with Crippen LogP contribution >= 0.6 is 0 Å². The number of carbonyl (C=O) groups is 1. The van der Waals surface area contributed by atoms with Crippen LogP contribution in [0.2, 0.25) is 0 Å². The maximum atomic E-state index is 11.3. The van der Waals surface area contributed by atoms with Gasteiger partial charge in [0.1, 0.15) is 6.04 Å². The standard InChI is InChI=1S/C12H23NO2/c1-9(11(14)15-4)13-10-7-5-6-8-12(10,2)3/h9-10,13H,5-8H2,1-4H3/t9-,10?/m0/s1. The van der Waals surface area contributed by atoms with E-state index >= 15 is 0 Å². The Kier molecular flexibility index (Phi) is 4.14. The van der Waals surface area contributed by atoms with Gasteiger partial charge in [0, 0.05) is 6.04 Å². The van der Waals surface area contributed by atoms with Gasteiger partial charge in [-0.1, -0.05) is 26.7 Å². The Hall–Kier alpha value is -0.570. The predicted octanol–water partition coefficient (Wildman–Crippen LogP) is 2.11. The van der Waals surface area contributed by atoms with Gasteiger partial charge in [-0.3, -0.25) is 4.79 Å². The number of methoxy groups -OCH3 is 1. The first-order chi connectivity index (χ1) is 6.97. The highest BCUT2D eigenvalue weighted by molar-refractivity contribution is 5.75. The van der Waals surface area contributed by atoms with E-state index in [9.17, 15) is 4.79 Å². The molecular weight excluding hydrogens is 190 g/mol. The van der Waals surface area contributed by atoms with Crippen molar-refractivity contribution in [3.05, 3.63) is 0 Å². The fraction of sp³-hybridized carbons (Fsp3) is 0.917. The van der Waals surface area contributed by atoms with Gasteiger partial charge < -0.3 is 10.1 Å². The number of hydrogen-bond donors (Lipinski definition) is 1. The molecule has 0 aromatic heterocycles. The van der Waals surface area contributed by atoms with Crippen molar-refractivity contribution in [2.75, 3.05) is 7.11 Å². The third-order valence-corrected chi connectivity index (χ3v) is 3.51. The van der Waals surface area contributed by atoms with Crippen LogP contribution < -0.4 is 5.32 Å². The molecule has 0 aliphatic heterocycles. The van der Waals surface area contributed by atoms with Crippen LogP contribution in [0.5, 0.6) is 0 Å². The van der Waals surface area contributed by atoms with Crippen LogP contribution in [0.3, 0.4) is 0 Å². The van der Waals surface area contributed by atoms with E-state index < -0.39 is 0 Å². The van der Waals surface area contributed by atoms with Gasteiger partial charge >= 0.3 is 5.97 Å². The monoisotopic (exact) mass is 213 g/mol. The van der Waals surface area contributed by atoms with Crippen LogP contribution in [-0.2, 0) is 9.53 Å². The molecule has 1 unspecified atom stereocenters. The average Bonchev–Trinajstić information content (AvgIpc) is 2.19. The summed E-state index contributed by atoms with van der Waals surface area (Å²) in [5.74, 6) is -0.170. The summed E-state index contributed by atoms with van der Waals surface area (Å²) >= 11 is 0. The molecule has 15 heavy (non-hydrogen) atoms. The molecule has 0 radical (unpaired) electrons. The van der Waals surface area contributed by atoms with Gasteiger partial charge in [0.15, 0.2) is 0 Å².